The highest BCUT2D eigenvalue weighted by Gasteiger charge is 2.17. The van der Waals surface area contributed by atoms with Gasteiger partial charge in [0.2, 0.25) is 0 Å². The highest BCUT2D eigenvalue weighted by molar-refractivity contribution is 7.40. The third-order valence-electron chi connectivity index (χ3n) is 6.36. The first-order chi connectivity index (χ1) is 17.1. The highest BCUT2D eigenvalue weighted by Crippen LogP contribution is 2.33. The van der Waals surface area contributed by atoms with Crippen LogP contribution in [-0.4, -0.2) is 43.8 Å². The molecule has 210 valence electrons. The molecule has 0 aliphatic heterocycles. The first-order valence-electron chi connectivity index (χ1n) is 14.7. The number of nitrogens with one attached hydrogen (secondary N) is 1. The lowest BCUT2D eigenvalue weighted by Gasteiger charge is -2.19. The second-order valence-electron chi connectivity index (χ2n) is 9.73. The van der Waals surface area contributed by atoms with E-state index >= 15 is 0 Å². The average Bonchev–Trinajstić information content (AvgIpc) is 2.86. The van der Waals surface area contributed by atoms with Crippen LogP contribution in [-0.2, 0) is 18.6 Å². The summed E-state index contributed by atoms with van der Waals surface area (Å²) in [5.41, 5.74) is 0. The number of ether oxygens (including phenoxy) is 1. The topological polar surface area (TPSA) is 77.0 Å². The largest absolute Gasteiger partial charge is 0.460 e. The van der Waals surface area contributed by atoms with Crippen molar-refractivity contribution in [3.63, 3.8) is 0 Å². The molecule has 2 N–H and O–H groups in total. The Morgan fingerprint density at radius 2 is 1.23 bits per heavy atom. The van der Waals surface area contributed by atoms with Gasteiger partial charge in [0.15, 0.2) is 0 Å². The fourth-order valence-corrected chi connectivity index (χ4v) is 4.77. The van der Waals surface area contributed by atoms with Crippen molar-refractivity contribution in [3.05, 3.63) is 0 Å². The molecule has 0 amide bonds. The fourth-order valence-electron chi connectivity index (χ4n) is 4.12. The minimum absolute atomic E-state index is 0.193. The van der Waals surface area contributed by atoms with Gasteiger partial charge in [0.1, 0.15) is 6.10 Å². The standard InChI is InChI=1S/C28H58NO5P/c1-4-6-7-8-9-10-11-12-13-14-15-16-17-18-19-20-21-23-27(34-28(30)5-2)26-33-35(31)32-25-22-24-29-3/h27,29,31H,4-26H2,1-3H3. The second-order valence-corrected chi connectivity index (χ2v) is 10.7. The fraction of sp³-hybridized carbons (Fsp3) is 0.964. The lowest BCUT2D eigenvalue weighted by Crippen LogP contribution is -2.22. The van der Waals surface area contributed by atoms with E-state index in [0.29, 0.717) is 13.0 Å². The van der Waals surface area contributed by atoms with Crippen LogP contribution >= 0.6 is 8.60 Å². The molecule has 7 heteroatoms. The van der Waals surface area contributed by atoms with E-state index in [2.05, 4.69) is 12.2 Å². The molecule has 0 rings (SSSR count). The van der Waals surface area contributed by atoms with Gasteiger partial charge in [-0.15, -0.1) is 0 Å². The molecule has 0 aromatic rings. The Morgan fingerprint density at radius 1 is 0.743 bits per heavy atom. The van der Waals surface area contributed by atoms with E-state index in [1.54, 1.807) is 6.92 Å². The summed E-state index contributed by atoms with van der Waals surface area (Å²) in [6, 6.07) is 0. The van der Waals surface area contributed by atoms with Gasteiger partial charge in [0.05, 0.1) is 13.2 Å². The van der Waals surface area contributed by atoms with Crippen LogP contribution in [0.2, 0.25) is 0 Å². The molecule has 0 fully saturated rings. The van der Waals surface area contributed by atoms with E-state index in [1.165, 1.54) is 96.3 Å². The monoisotopic (exact) mass is 519 g/mol. The molecule has 6 nitrogen and oxygen atoms in total. The lowest BCUT2D eigenvalue weighted by molar-refractivity contribution is -0.150. The van der Waals surface area contributed by atoms with Gasteiger partial charge in [0.25, 0.3) is 0 Å². The number of carbonyl (C=O) groups excluding carboxylic acids is 1. The first kappa shape index (κ1) is 34.7. The molecule has 35 heavy (non-hydrogen) atoms. The number of unbranched alkanes of at least 4 members (excludes halogenated alkanes) is 16. The minimum Gasteiger partial charge on any atom is -0.460 e. The third-order valence-corrected chi connectivity index (χ3v) is 7.13. The number of carbonyl (C=O) groups is 1. The van der Waals surface area contributed by atoms with Gasteiger partial charge in [-0.25, -0.2) is 0 Å². The van der Waals surface area contributed by atoms with E-state index in [4.69, 9.17) is 13.8 Å². The highest BCUT2D eigenvalue weighted by atomic mass is 31.2. The van der Waals surface area contributed by atoms with Gasteiger partial charge in [-0.3, -0.25) is 4.79 Å². The van der Waals surface area contributed by atoms with Crippen LogP contribution in [0.5, 0.6) is 0 Å². The zero-order valence-corrected chi connectivity index (χ0v) is 24.3. The molecule has 0 aliphatic rings. The molecule has 2 unspecified atom stereocenters. The molecular weight excluding hydrogens is 461 g/mol. The van der Waals surface area contributed by atoms with Crippen LogP contribution in [0.15, 0.2) is 0 Å². The van der Waals surface area contributed by atoms with Crippen molar-refractivity contribution in [1.29, 1.82) is 0 Å². The van der Waals surface area contributed by atoms with Gasteiger partial charge < -0.3 is 24.0 Å². The van der Waals surface area contributed by atoms with Gasteiger partial charge in [-0.05, 0) is 32.9 Å². The van der Waals surface area contributed by atoms with Crippen LogP contribution < -0.4 is 5.32 Å². The summed E-state index contributed by atoms with van der Waals surface area (Å²) in [4.78, 5) is 21.6. The predicted octanol–water partition coefficient (Wildman–Crippen LogP) is 8.21. The van der Waals surface area contributed by atoms with Crippen molar-refractivity contribution in [2.75, 3.05) is 26.8 Å². The van der Waals surface area contributed by atoms with Crippen molar-refractivity contribution in [1.82, 2.24) is 5.32 Å². The van der Waals surface area contributed by atoms with E-state index in [1.807, 2.05) is 7.05 Å². The first-order valence-corrected chi connectivity index (χ1v) is 15.9. The quantitative estimate of drug-likeness (QED) is 0.0616. The third kappa shape index (κ3) is 26.6. The Kier molecular flexibility index (Phi) is 28.1. The van der Waals surface area contributed by atoms with Crippen LogP contribution in [0.4, 0.5) is 0 Å². The number of hydrogen-bond acceptors (Lipinski definition) is 6. The van der Waals surface area contributed by atoms with Gasteiger partial charge >= 0.3 is 14.6 Å². The zero-order chi connectivity index (χ0) is 25.8. The normalized spacial score (nSPS) is 13.1. The van der Waals surface area contributed by atoms with Crippen molar-refractivity contribution >= 4 is 14.6 Å². The molecule has 0 aliphatic carbocycles. The predicted molar refractivity (Wildman–Crippen MR) is 149 cm³/mol. The summed E-state index contributed by atoms with van der Waals surface area (Å²) < 4.78 is 16.2. The van der Waals surface area contributed by atoms with Gasteiger partial charge in [0, 0.05) is 6.42 Å². The van der Waals surface area contributed by atoms with Gasteiger partial charge in [-0.2, -0.15) is 0 Å². The van der Waals surface area contributed by atoms with Crippen molar-refractivity contribution in [2.45, 2.75) is 148 Å². The summed E-state index contributed by atoms with van der Waals surface area (Å²) in [5, 5.41) is 3.03. The average molecular weight is 520 g/mol. The number of hydrogen-bond donors (Lipinski definition) is 2. The van der Waals surface area contributed by atoms with Gasteiger partial charge in [-0.1, -0.05) is 117 Å². The Balaban J connectivity index is 3.64. The van der Waals surface area contributed by atoms with Crippen LogP contribution in [0.3, 0.4) is 0 Å². The Bertz CT molecular complexity index is 442. The molecule has 0 radical (unpaired) electrons. The summed E-state index contributed by atoms with van der Waals surface area (Å²) in [6.07, 6.45) is 24.5. The molecule has 0 saturated heterocycles. The number of esters is 1. The smallest absolute Gasteiger partial charge is 0.329 e. The maximum atomic E-state index is 11.7. The summed E-state index contributed by atoms with van der Waals surface area (Å²) in [7, 11) is -0.0388. The zero-order valence-electron chi connectivity index (χ0n) is 23.4. The van der Waals surface area contributed by atoms with Crippen molar-refractivity contribution in [2.24, 2.45) is 0 Å². The van der Waals surface area contributed by atoms with Crippen molar-refractivity contribution in [3.8, 4) is 0 Å². The summed E-state index contributed by atoms with van der Waals surface area (Å²) in [6.45, 7) is 5.54. The SMILES string of the molecule is CCCCCCCCCCCCCCCCCCCC(COP(O)OCCCNC)OC(=O)CC. The van der Waals surface area contributed by atoms with E-state index in [9.17, 15) is 9.69 Å². The second kappa shape index (κ2) is 28.3. The van der Waals surface area contributed by atoms with Crippen LogP contribution in [0.1, 0.15) is 142 Å². The molecule has 0 aromatic heterocycles. The molecule has 0 saturated carbocycles. The Labute approximate surface area is 218 Å². The molecule has 0 bridgehead atoms. The number of rotatable bonds is 28. The maximum Gasteiger partial charge on any atom is 0.329 e. The lowest BCUT2D eigenvalue weighted by atomic mass is 10.0. The van der Waals surface area contributed by atoms with E-state index in [0.717, 1.165) is 32.2 Å². The Morgan fingerprint density at radius 3 is 1.69 bits per heavy atom. The van der Waals surface area contributed by atoms with E-state index in [-0.39, 0.29) is 18.7 Å². The molecular formula is C28H58NO5P. The summed E-state index contributed by atoms with van der Waals surface area (Å²) >= 11 is 0. The van der Waals surface area contributed by atoms with Crippen LogP contribution in [0.25, 0.3) is 0 Å². The maximum absolute atomic E-state index is 11.7. The molecule has 0 heterocycles. The summed E-state index contributed by atoms with van der Waals surface area (Å²) in [5.74, 6) is -0.220. The molecule has 0 spiro atoms. The molecule has 2 atom stereocenters. The van der Waals surface area contributed by atoms with E-state index < -0.39 is 8.60 Å². The minimum atomic E-state index is -1.92. The molecule has 0 aromatic carbocycles. The van der Waals surface area contributed by atoms with Crippen molar-refractivity contribution < 1.29 is 23.5 Å². The Hall–Kier alpha value is -0.260. The van der Waals surface area contributed by atoms with Crippen LogP contribution in [0, 0.1) is 0 Å².